The summed E-state index contributed by atoms with van der Waals surface area (Å²) < 4.78 is 1.56. The van der Waals surface area contributed by atoms with Crippen LogP contribution in [0.3, 0.4) is 0 Å². The van der Waals surface area contributed by atoms with Gasteiger partial charge in [0.25, 0.3) is 0 Å². The van der Waals surface area contributed by atoms with Crippen molar-refractivity contribution in [2.24, 2.45) is 0 Å². The van der Waals surface area contributed by atoms with Gasteiger partial charge in [-0.05, 0) is 48.6 Å². The van der Waals surface area contributed by atoms with Gasteiger partial charge in [-0.3, -0.25) is 19.5 Å². The summed E-state index contributed by atoms with van der Waals surface area (Å²) in [7, 11) is 0. The van der Waals surface area contributed by atoms with E-state index in [-0.39, 0.29) is 24.4 Å². The van der Waals surface area contributed by atoms with Crippen LogP contribution >= 0.6 is 0 Å². The lowest BCUT2D eigenvalue weighted by molar-refractivity contribution is -0.133. The average molecular weight is 474 g/mol. The maximum absolute atomic E-state index is 13.5. The highest BCUT2D eigenvalue weighted by Gasteiger charge is 2.36. The number of benzene rings is 1. The molecule has 1 fully saturated rings. The number of carbonyl (C=O) groups excluding carboxylic acids is 2. The second kappa shape index (κ2) is 10.4. The van der Waals surface area contributed by atoms with E-state index in [0.717, 1.165) is 37.1 Å². The molecule has 2 amide bonds. The number of aromatic nitrogens is 4. The Labute approximate surface area is 205 Å². The van der Waals surface area contributed by atoms with Crippen molar-refractivity contribution in [1.29, 1.82) is 0 Å². The van der Waals surface area contributed by atoms with E-state index in [0.29, 0.717) is 25.7 Å². The highest BCUT2D eigenvalue weighted by Crippen LogP contribution is 2.32. The minimum absolute atomic E-state index is 0.00811. The van der Waals surface area contributed by atoms with Crippen molar-refractivity contribution in [2.45, 2.75) is 57.9 Å². The number of carbonyl (C=O) groups is 2. The quantitative estimate of drug-likeness (QED) is 0.579. The van der Waals surface area contributed by atoms with Crippen LogP contribution in [0.4, 0.5) is 5.69 Å². The van der Waals surface area contributed by atoms with Gasteiger partial charge in [-0.1, -0.05) is 18.2 Å². The summed E-state index contributed by atoms with van der Waals surface area (Å²) in [5.41, 5.74) is 3.07. The van der Waals surface area contributed by atoms with Gasteiger partial charge in [0.2, 0.25) is 11.8 Å². The fourth-order valence-corrected chi connectivity index (χ4v) is 5.38. The molecule has 4 heterocycles. The summed E-state index contributed by atoms with van der Waals surface area (Å²) in [4.78, 5) is 40.7. The molecule has 9 heteroatoms. The molecule has 2 aliphatic rings. The number of hydrogen-bond acceptors (Lipinski definition) is 6. The third-order valence-corrected chi connectivity index (χ3v) is 7.14. The first-order valence-corrected chi connectivity index (χ1v) is 12.2. The molecule has 0 unspecified atom stereocenters. The molecule has 35 heavy (non-hydrogen) atoms. The molecule has 1 aromatic carbocycles. The highest BCUT2D eigenvalue weighted by molar-refractivity contribution is 5.92. The number of rotatable bonds is 4. The van der Waals surface area contributed by atoms with E-state index in [1.807, 2.05) is 46.5 Å². The monoisotopic (exact) mass is 473 g/mol. The van der Waals surface area contributed by atoms with Crippen LogP contribution < -0.4 is 4.90 Å². The highest BCUT2D eigenvalue weighted by atomic mass is 16.2. The average Bonchev–Trinajstić information content (AvgIpc) is 3.49. The first-order chi connectivity index (χ1) is 17.1. The third kappa shape index (κ3) is 5.24. The van der Waals surface area contributed by atoms with Gasteiger partial charge in [0.1, 0.15) is 19.2 Å². The van der Waals surface area contributed by atoms with Crippen LogP contribution in [0, 0.1) is 0 Å². The SMILES string of the molecule is CC(=O)N1CC[C@H]2CC[C@@H](CN(C(=O)Cn3cncn3)Cc3ccccc31)N2Cc1ccncc1. The Morgan fingerprint density at radius 1 is 1.00 bits per heavy atom. The summed E-state index contributed by atoms with van der Waals surface area (Å²) in [5, 5.41) is 4.13. The van der Waals surface area contributed by atoms with Gasteiger partial charge in [0.15, 0.2) is 0 Å². The molecule has 0 N–H and O–H groups in total. The lowest BCUT2D eigenvalue weighted by Gasteiger charge is -2.34. The van der Waals surface area contributed by atoms with Crippen LogP contribution in [0.1, 0.15) is 37.3 Å². The predicted molar refractivity (Wildman–Crippen MR) is 131 cm³/mol. The van der Waals surface area contributed by atoms with Gasteiger partial charge >= 0.3 is 0 Å². The van der Waals surface area contributed by atoms with Gasteiger partial charge in [-0.25, -0.2) is 9.67 Å². The Bertz CT molecular complexity index is 1150. The van der Waals surface area contributed by atoms with E-state index in [1.54, 1.807) is 17.9 Å². The molecule has 0 radical (unpaired) electrons. The van der Waals surface area contributed by atoms with Crippen LogP contribution in [-0.4, -0.2) is 66.5 Å². The van der Waals surface area contributed by atoms with E-state index in [2.05, 4.69) is 32.1 Å². The van der Waals surface area contributed by atoms with Gasteiger partial charge < -0.3 is 9.80 Å². The molecule has 5 rings (SSSR count). The maximum atomic E-state index is 13.5. The molecule has 2 aromatic heterocycles. The first kappa shape index (κ1) is 23.2. The zero-order chi connectivity index (χ0) is 24.2. The Balaban J connectivity index is 1.49. The molecule has 9 nitrogen and oxygen atoms in total. The second-order valence-electron chi connectivity index (χ2n) is 9.37. The van der Waals surface area contributed by atoms with E-state index in [9.17, 15) is 9.59 Å². The van der Waals surface area contributed by atoms with Gasteiger partial charge in [0, 0.05) is 63.3 Å². The van der Waals surface area contributed by atoms with Crippen molar-refractivity contribution >= 4 is 17.5 Å². The van der Waals surface area contributed by atoms with E-state index in [4.69, 9.17) is 0 Å². The minimum atomic E-state index is -0.00811. The number of amides is 2. The minimum Gasteiger partial charge on any atom is -0.335 e. The molecule has 3 aromatic rings. The van der Waals surface area contributed by atoms with Gasteiger partial charge in [-0.2, -0.15) is 5.10 Å². The summed E-state index contributed by atoms with van der Waals surface area (Å²) in [5.74, 6) is 0.0126. The van der Waals surface area contributed by atoms with Crippen molar-refractivity contribution < 1.29 is 9.59 Å². The Hall–Kier alpha value is -3.59. The summed E-state index contributed by atoms with van der Waals surface area (Å²) in [6.07, 6.45) is 9.62. The topological polar surface area (TPSA) is 87.5 Å². The second-order valence-corrected chi connectivity index (χ2v) is 9.37. The molecule has 2 atom stereocenters. The number of pyridine rings is 1. The van der Waals surface area contributed by atoms with Crippen LogP contribution in [0.5, 0.6) is 0 Å². The number of anilines is 1. The number of fused-ring (bicyclic) bond motifs is 3. The van der Waals surface area contributed by atoms with Crippen LogP contribution in [0.25, 0.3) is 0 Å². The number of nitrogens with zero attached hydrogens (tertiary/aromatic N) is 7. The maximum Gasteiger partial charge on any atom is 0.244 e. The Morgan fingerprint density at radius 2 is 1.80 bits per heavy atom. The summed E-state index contributed by atoms with van der Waals surface area (Å²) in [6, 6.07) is 12.6. The molecule has 182 valence electrons. The van der Waals surface area contributed by atoms with Gasteiger partial charge in [-0.15, -0.1) is 0 Å². The van der Waals surface area contributed by atoms with E-state index in [1.165, 1.54) is 11.9 Å². The Morgan fingerprint density at radius 3 is 2.57 bits per heavy atom. The third-order valence-electron chi connectivity index (χ3n) is 7.14. The smallest absolute Gasteiger partial charge is 0.244 e. The van der Waals surface area contributed by atoms with Crippen LogP contribution in [0.2, 0.25) is 0 Å². The zero-order valence-electron chi connectivity index (χ0n) is 20.0. The predicted octanol–water partition coefficient (Wildman–Crippen LogP) is 2.49. The summed E-state index contributed by atoms with van der Waals surface area (Å²) in [6.45, 7) is 4.29. The van der Waals surface area contributed by atoms with Crippen molar-refractivity contribution in [3.63, 3.8) is 0 Å². The van der Waals surface area contributed by atoms with Crippen molar-refractivity contribution in [3.05, 3.63) is 72.6 Å². The lowest BCUT2D eigenvalue weighted by Crippen LogP contribution is -2.45. The van der Waals surface area contributed by atoms with Crippen molar-refractivity contribution in [2.75, 3.05) is 18.0 Å². The molecular formula is C26H31N7O2. The number of para-hydroxylation sites is 1. The van der Waals surface area contributed by atoms with Gasteiger partial charge in [0.05, 0.1) is 0 Å². The Kier molecular flexibility index (Phi) is 6.85. The standard InChI is InChI=1S/C26H31N7O2/c1-20(34)32-13-10-23-6-7-24(33(23)14-21-8-11-27-12-9-21)16-30(15-22-4-2-3-5-25(22)32)26(35)17-31-19-28-18-29-31/h2-5,8-9,11-12,18-19,23-24H,6-7,10,13-17H2,1H3/t23-,24+/m1/s1. The van der Waals surface area contributed by atoms with E-state index < -0.39 is 0 Å². The molecule has 0 spiro atoms. The van der Waals surface area contributed by atoms with Crippen LogP contribution in [-0.2, 0) is 29.2 Å². The summed E-state index contributed by atoms with van der Waals surface area (Å²) >= 11 is 0. The fraction of sp³-hybridized carbons (Fsp3) is 0.423. The normalized spacial score (nSPS) is 20.8. The molecule has 1 saturated heterocycles. The fourth-order valence-electron chi connectivity index (χ4n) is 5.38. The largest absolute Gasteiger partial charge is 0.335 e. The molecule has 0 aliphatic carbocycles. The zero-order valence-corrected chi connectivity index (χ0v) is 20.0. The molecule has 2 aliphatic heterocycles. The van der Waals surface area contributed by atoms with E-state index >= 15 is 0 Å². The molecule has 0 saturated carbocycles. The van der Waals surface area contributed by atoms with Crippen LogP contribution in [0.15, 0.2) is 61.4 Å². The number of hydrogen-bond donors (Lipinski definition) is 0. The molecular weight excluding hydrogens is 442 g/mol. The van der Waals surface area contributed by atoms with Crippen molar-refractivity contribution in [1.82, 2.24) is 29.5 Å². The first-order valence-electron chi connectivity index (χ1n) is 12.2. The molecule has 2 bridgehead atoms. The lowest BCUT2D eigenvalue weighted by atomic mass is 10.1. The van der Waals surface area contributed by atoms with Crippen molar-refractivity contribution in [3.8, 4) is 0 Å².